The van der Waals surface area contributed by atoms with E-state index in [1.807, 2.05) is 0 Å². The van der Waals surface area contributed by atoms with Gasteiger partial charge < -0.3 is 5.73 Å². The number of likely N-dealkylation sites (tertiary alicyclic amines) is 1. The third-order valence-corrected chi connectivity index (χ3v) is 5.44. The lowest BCUT2D eigenvalue weighted by Crippen LogP contribution is -2.51. The molecule has 0 aromatic heterocycles. The third-order valence-electron chi connectivity index (χ3n) is 4.72. The molecule has 1 aromatic carbocycles. The van der Waals surface area contributed by atoms with Crippen LogP contribution in [-0.2, 0) is 0 Å². The first-order valence-electron chi connectivity index (χ1n) is 7.67. The van der Waals surface area contributed by atoms with Gasteiger partial charge in [-0.25, -0.2) is 0 Å². The fourth-order valence-corrected chi connectivity index (χ4v) is 4.12. The molecule has 0 saturated carbocycles. The van der Waals surface area contributed by atoms with Crippen molar-refractivity contribution < 1.29 is 0 Å². The molecule has 20 heavy (non-hydrogen) atoms. The summed E-state index contributed by atoms with van der Waals surface area (Å²) in [5.74, 6) is 1.47. The van der Waals surface area contributed by atoms with Crippen molar-refractivity contribution >= 4 is 15.9 Å². The molecule has 0 radical (unpaired) electrons. The van der Waals surface area contributed by atoms with Crippen LogP contribution >= 0.6 is 15.9 Å². The van der Waals surface area contributed by atoms with E-state index < -0.39 is 0 Å². The third kappa shape index (κ3) is 3.26. The van der Waals surface area contributed by atoms with Gasteiger partial charge >= 0.3 is 0 Å². The van der Waals surface area contributed by atoms with Gasteiger partial charge in [0.1, 0.15) is 0 Å². The van der Waals surface area contributed by atoms with Crippen molar-refractivity contribution in [2.45, 2.75) is 52.2 Å². The Morgan fingerprint density at radius 1 is 1.25 bits per heavy atom. The van der Waals surface area contributed by atoms with Crippen LogP contribution in [0.5, 0.6) is 0 Å². The summed E-state index contributed by atoms with van der Waals surface area (Å²) in [6.45, 7) is 10.3. The standard InChI is InChI=1S/C17H27BrN2/c1-11-9-12(2)14(4)20(10-11)17(13(3)19)15-7-5-6-8-16(15)18/h5-8,11-14,17H,9-10,19H2,1-4H3. The van der Waals surface area contributed by atoms with E-state index in [9.17, 15) is 0 Å². The minimum atomic E-state index is 0.119. The average Bonchev–Trinajstić information content (AvgIpc) is 2.37. The highest BCUT2D eigenvalue weighted by Gasteiger charge is 2.36. The van der Waals surface area contributed by atoms with Gasteiger partial charge in [0.25, 0.3) is 0 Å². The summed E-state index contributed by atoms with van der Waals surface area (Å²) < 4.78 is 1.17. The molecule has 0 aliphatic carbocycles. The number of benzene rings is 1. The maximum atomic E-state index is 6.36. The van der Waals surface area contributed by atoms with Gasteiger partial charge in [-0.3, -0.25) is 4.90 Å². The first-order valence-corrected chi connectivity index (χ1v) is 8.46. The topological polar surface area (TPSA) is 29.3 Å². The van der Waals surface area contributed by atoms with E-state index in [0.29, 0.717) is 6.04 Å². The van der Waals surface area contributed by atoms with Crippen molar-refractivity contribution in [3.05, 3.63) is 34.3 Å². The monoisotopic (exact) mass is 338 g/mol. The lowest BCUT2D eigenvalue weighted by atomic mass is 9.83. The highest BCUT2D eigenvalue weighted by Crippen LogP contribution is 2.37. The Balaban J connectivity index is 2.36. The molecule has 1 heterocycles. The molecule has 1 aliphatic rings. The van der Waals surface area contributed by atoms with Crippen LogP contribution in [0.2, 0.25) is 0 Å². The van der Waals surface area contributed by atoms with Crippen molar-refractivity contribution in [2.24, 2.45) is 17.6 Å². The van der Waals surface area contributed by atoms with Gasteiger partial charge in [0, 0.05) is 23.1 Å². The highest BCUT2D eigenvalue weighted by molar-refractivity contribution is 9.10. The number of nitrogens with zero attached hydrogens (tertiary/aromatic N) is 1. The van der Waals surface area contributed by atoms with Gasteiger partial charge in [-0.15, -0.1) is 0 Å². The molecule has 1 aliphatic heterocycles. The van der Waals surface area contributed by atoms with Crippen LogP contribution in [0.1, 0.15) is 45.7 Å². The zero-order valence-electron chi connectivity index (χ0n) is 13.0. The zero-order valence-corrected chi connectivity index (χ0v) is 14.6. The number of piperidine rings is 1. The SMILES string of the molecule is CC1CC(C)C(C)N(C(c2ccccc2Br)C(C)N)C1. The van der Waals surface area contributed by atoms with E-state index in [4.69, 9.17) is 5.73 Å². The van der Waals surface area contributed by atoms with E-state index >= 15 is 0 Å². The molecule has 1 aromatic rings. The van der Waals surface area contributed by atoms with Gasteiger partial charge in [-0.05, 0) is 43.7 Å². The molecule has 2 N–H and O–H groups in total. The molecule has 3 heteroatoms. The second kappa shape index (κ2) is 6.59. The number of rotatable bonds is 3. The van der Waals surface area contributed by atoms with Crippen LogP contribution in [0, 0.1) is 11.8 Å². The van der Waals surface area contributed by atoms with Gasteiger partial charge in [0.15, 0.2) is 0 Å². The van der Waals surface area contributed by atoms with E-state index in [1.165, 1.54) is 16.5 Å². The van der Waals surface area contributed by atoms with Crippen molar-refractivity contribution in [3.63, 3.8) is 0 Å². The summed E-state index contributed by atoms with van der Waals surface area (Å²) in [7, 11) is 0. The van der Waals surface area contributed by atoms with Gasteiger partial charge in [0.05, 0.1) is 6.04 Å². The minimum absolute atomic E-state index is 0.119. The Hall–Kier alpha value is -0.380. The summed E-state index contributed by atoms with van der Waals surface area (Å²) >= 11 is 3.70. The van der Waals surface area contributed by atoms with Crippen LogP contribution in [0.3, 0.4) is 0 Å². The first-order chi connectivity index (χ1) is 9.41. The molecular formula is C17H27BrN2. The molecule has 0 spiro atoms. The fraction of sp³-hybridized carbons (Fsp3) is 0.647. The number of halogens is 1. The molecule has 2 rings (SSSR count). The summed E-state index contributed by atoms with van der Waals surface area (Å²) in [5.41, 5.74) is 7.67. The second-order valence-corrected chi connectivity index (χ2v) is 7.44. The molecule has 0 bridgehead atoms. The van der Waals surface area contributed by atoms with Crippen LogP contribution < -0.4 is 5.73 Å². The molecular weight excluding hydrogens is 312 g/mol. The Morgan fingerprint density at radius 2 is 1.90 bits per heavy atom. The van der Waals surface area contributed by atoms with Crippen molar-refractivity contribution in [1.29, 1.82) is 0 Å². The smallest absolute Gasteiger partial charge is 0.0510 e. The Bertz CT molecular complexity index is 446. The number of hydrogen-bond donors (Lipinski definition) is 1. The largest absolute Gasteiger partial charge is 0.326 e. The molecule has 1 saturated heterocycles. The van der Waals surface area contributed by atoms with E-state index in [0.717, 1.165) is 18.4 Å². The van der Waals surface area contributed by atoms with Gasteiger partial charge in [-0.1, -0.05) is 48.0 Å². The van der Waals surface area contributed by atoms with Gasteiger partial charge in [-0.2, -0.15) is 0 Å². The molecule has 2 nitrogen and oxygen atoms in total. The van der Waals surface area contributed by atoms with Gasteiger partial charge in [0.2, 0.25) is 0 Å². The normalized spacial score (nSPS) is 31.0. The van der Waals surface area contributed by atoms with E-state index in [2.05, 4.69) is 72.8 Å². The zero-order chi connectivity index (χ0) is 14.9. The number of hydrogen-bond acceptors (Lipinski definition) is 2. The summed E-state index contributed by atoms with van der Waals surface area (Å²) in [6.07, 6.45) is 1.32. The molecule has 0 amide bonds. The Kier molecular flexibility index (Phi) is 5.27. The summed E-state index contributed by atoms with van der Waals surface area (Å²) in [4.78, 5) is 2.61. The van der Waals surface area contributed by atoms with Crippen molar-refractivity contribution in [2.75, 3.05) is 6.54 Å². The first kappa shape index (κ1) is 16.0. The Labute approximate surface area is 131 Å². The minimum Gasteiger partial charge on any atom is -0.326 e. The molecule has 5 unspecified atom stereocenters. The van der Waals surface area contributed by atoms with Crippen molar-refractivity contribution in [1.82, 2.24) is 4.90 Å². The van der Waals surface area contributed by atoms with Crippen LogP contribution in [0.15, 0.2) is 28.7 Å². The summed E-state index contributed by atoms with van der Waals surface area (Å²) in [6, 6.07) is 9.47. The maximum absolute atomic E-state index is 6.36. The van der Waals surface area contributed by atoms with Crippen LogP contribution in [-0.4, -0.2) is 23.5 Å². The predicted octanol–water partition coefficient (Wildman–Crippen LogP) is 4.20. The lowest BCUT2D eigenvalue weighted by molar-refractivity contribution is 0.0312. The number of nitrogens with two attached hydrogens (primary N) is 1. The summed E-state index contributed by atoms with van der Waals surface area (Å²) in [5, 5.41) is 0. The Morgan fingerprint density at radius 3 is 2.50 bits per heavy atom. The quantitative estimate of drug-likeness (QED) is 0.894. The molecule has 5 atom stereocenters. The molecule has 1 fully saturated rings. The maximum Gasteiger partial charge on any atom is 0.0510 e. The second-order valence-electron chi connectivity index (χ2n) is 6.58. The molecule has 112 valence electrons. The van der Waals surface area contributed by atoms with Crippen LogP contribution in [0.4, 0.5) is 0 Å². The van der Waals surface area contributed by atoms with E-state index in [-0.39, 0.29) is 12.1 Å². The van der Waals surface area contributed by atoms with Crippen LogP contribution in [0.25, 0.3) is 0 Å². The van der Waals surface area contributed by atoms with E-state index in [1.54, 1.807) is 0 Å². The predicted molar refractivity (Wildman–Crippen MR) is 89.6 cm³/mol. The average molecular weight is 339 g/mol. The lowest BCUT2D eigenvalue weighted by Gasteiger charge is -2.47. The fourth-order valence-electron chi connectivity index (χ4n) is 3.60. The highest BCUT2D eigenvalue weighted by atomic mass is 79.9. The van der Waals surface area contributed by atoms with Crippen molar-refractivity contribution in [3.8, 4) is 0 Å².